The van der Waals surface area contributed by atoms with Gasteiger partial charge in [0.15, 0.2) is 5.78 Å². The lowest BCUT2D eigenvalue weighted by Gasteiger charge is -2.19. The molecule has 1 saturated heterocycles. The minimum atomic E-state index is -0.174. The van der Waals surface area contributed by atoms with E-state index >= 15 is 0 Å². The molecule has 1 fully saturated rings. The van der Waals surface area contributed by atoms with Gasteiger partial charge in [0.2, 0.25) is 0 Å². The summed E-state index contributed by atoms with van der Waals surface area (Å²) in [7, 11) is 0. The lowest BCUT2D eigenvalue weighted by Crippen LogP contribution is -2.26. The van der Waals surface area contributed by atoms with Crippen molar-refractivity contribution in [1.29, 1.82) is 0 Å². The van der Waals surface area contributed by atoms with Gasteiger partial charge < -0.3 is 10.3 Å². The van der Waals surface area contributed by atoms with Crippen LogP contribution in [0, 0.1) is 0 Å². The molecule has 0 bridgehead atoms. The van der Waals surface area contributed by atoms with E-state index in [1.54, 1.807) is 18.2 Å². The summed E-state index contributed by atoms with van der Waals surface area (Å²) in [5, 5.41) is 2.94. The monoisotopic (exact) mass is 408 g/mol. The number of fused-ring (bicyclic) bond motifs is 2. The molecule has 1 aliphatic heterocycles. The first-order chi connectivity index (χ1) is 14.6. The Bertz CT molecular complexity index is 1110. The van der Waals surface area contributed by atoms with E-state index in [-0.39, 0.29) is 14.5 Å². The number of rotatable bonds is 4. The maximum Gasteiger partial charge on any atom is 0.255 e. The van der Waals surface area contributed by atoms with Crippen molar-refractivity contribution in [2.45, 2.75) is 52.6 Å². The molecule has 2 N–H and O–H groups in total. The Labute approximate surface area is 179 Å². The zero-order chi connectivity index (χ0) is 21.3. The van der Waals surface area contributed by atoms with Crippen molar-refractivity contribution in [2.24, 2.45) is 0 Å². The average molecular weight is 409 g/mol. The van der Waals surface area contributed by atoms with Crippen LogP contribution < -0.4 is 5.32 Å². The summed E-state index contributed by atoms with van der Waals surface area (Å²) < 4.78 is 0. The highest BCUT2D eigenvalue weighted by Crippen LogP contribution is 2.25. The van der Waals surface area contributed by atoms with Gasteiger partial charge >= 0.3 is 0 Å². The molecule has 1 aliphatic carbocycles. The zero-order valence-electron chi connectivity index (χ0n) is 17.8. The normalized spacial score (nSPS) is 17.8. The number of aromatic nitrogens is 2. The third-order valence-corrected chi connectivity index (χ3v) is 5.85. The van der Waals surface area contributed by atoms with E-state index in [9.17, 15) is 9.59 Å². The van der Waals surface area contributed by atoms with Gasteiger partial charge in [-0.1, -0.05) is 19.9 Å². The third kappa shape index (κ3) is 3.87. The lowest BCUT2D eigenvalue weighted by atomic mass is 9.86. The van der Waals surface area contributed by atoms with Gasteiger partial charge in [0.05, 0.1) is 17.6 Å². The van der Waals surface area contributed by atoms with Crippen molar-refractivity contribution in [2.75, 3.05) is 11.9 Å². The molecule has 6 heteroatoms. The molecule has 2 heterocycles. The number of nitrogens with one attached hydrogen (secondary N) is 2. The Morgan fingerprint density at radius 1 is 1.27 bits per heavy atom. The van der Waals surface area contributed by atoms with E-state index in [1.165, 1.54) is 12.8 Å². The molecule has 3 aromatic rings. The molecule has 160 valence electrons. The van der Waals surface area contributed by atoms with Crippen LogP contribution in [0.1, 0.15) is 68.6 Å². The van der Waals surface area contributed by atoms with Gasteiger partial charge in [-0.2, -0.15) is 0 Å². The number of carbonyl (C=O) groups is 2. The molecule has 0 saturated carbocycles. The van der Waals surface area contributed by atoms with E-state index in [1.807, 2.05) is 32.0 Å². The second-order valence-electron chi connectivity index (χ2n) is 7.80. The first-order valence-corrected chi connectivity index (χ1v) is 10.8. The second-order valence-corrected chi connectivity index (χ2v) is 7.80. The van der Waals surface area contributed by atoms with Crippen molar-refractivity contribution >= 4 is 28.4 Å². The number of hydrogen-bond donors (Lipinski definition) is 2. The summed E-state index contributed by atoms with van der Waals surface area (Å²) in [5.74, 6) is 0.928. The highest BCUT2D eigenvalue weighted by atomic mass is 16.1. The van der Waals surface area contributed by atoms with Crippen LogP contribution >= 0.6 is 0 Å². The number of ketones is 1. The topological polar surface area (TPSA) is 78.1 Å². The molecular weight excluding hydrogens is 376 g/mol. The van der Waals surface area contributed by atoms with Crippen LogP contribution in [-0.2, 0) is 13.0 Å². The molecule has 1 aromatic heterocycles. The van der Waals surface area contributed by atoms with Gasteiger partial charge in [-0.15, -0.1) is 0 Å². The number of hydrogen-bond acceptors (Lipinski definition) is 4. The maximum absolute atomic E-state index is 12.6. The van der Waals surface area contributed by atoms with Crippen LogP contribution in [0.3, 0.4) is 0 Å². The summed E-state index contributed by atoms with van der Waals surface area (Å²) >= 11 is 0. The number of benzene rings is 2. The van der Waals surface area contributed by atoms with Gasteiger partial charge in [0, 0.05) is 32.1 Å². The summed E-state index contributed by atoms with van der Waals surface area (Å²) in [6.07, 6.45) is 2.91. The number of carbonyl (C=O) groups excluding carboxylic acids is 2. The van der Waals surface area contributed by atoms with Crippen molar-refractivity contribution in [3.8, 4) is 0 Å². The number of amides is 1. The first kappa shape index (κ1) is 20.3. The maximum atomic E-state index is 12.6. The van der Waals surface area contributed by atoms with Gasteiger partial charge in [0.25, 0.3) is 5.91 Å². The summed E-state index contributed by atoms with van der Waals surface area (Å²) in [4.78, 5) is 34.5. The quantitative estimate of drug-likeness (QED) is 0.633. The van der Waals surface area contributed by atoms with Crippen LogP contribution in [0.2, 0.25) is 0 Å². The van der Waals surface area contributed by atoms with Gasteiger partial charge in [-0.3, -0.25) is 14.5 Å². The fourth-order valence-corrected chi connectivity index (χ4v) is 4.15. The molecular formula is C24H32N4O2. The number of anilines is 1. The van der Waals surface area contributed by atoms with Crippen LogP contribution in [0.25, 0.3) is 11.0 Å². The number of imidazole rings is 1. The van der Waals surface area contributed by atoms with Crippen LogP contribution in [0.15, 0.2) is 36.4 Å². The van der Waals surface area contributed by atoms with Crippen molar-refractivity contribution in [1.82, 2.24) is 14.9 Å². The molecule has 2 aliphatic rings. The number of aromatic amines is 1. The van der Waals surface area contributed by atoms with Crippen LogP contribution in [0.5, 0.6) is 0 Å². The minimum absolute atomic E-state index is 0. The zero-order valence-corrected chi connectivity index (χ0v) is 17.8. The fourth-order valence-electron chi connectivity index (χ4n) is 4.15. The second kappa shape index (κ2) is 8.40. The van der Waals surface area contributed by atoms with Crippen LogP contribution in [-0.4, -0.2) is 39.1 Å². The molecule has 5 rings (SSSR count). The highest BCUT2D eigenvalue weighted by Gasteiger charge is 2.24. The smallest absolute Gasteiger partial charge is 0.255 e. The predicted molar refractivity (Wildman–Crippen MR) is 123 cm³/mol. The summed E-state index contributed by atoms with van der Waals surface area (Å²) in [6.45, 7) is 8.20. The molecule has 0 radical (unpaired) electrons. The molecule has 2 aromatic carbocycles. The Hall–Kier alpha value is -2.99. The Morgan fingerprint density at radius 2 is 2.10 bits per heavy atom. The third-order valence-electron chi connectivity index (χ3n) is 5.85. The van der Waals surface area contributed by atoms with Crippen molar-refractivity contribution < 1.29 is 12.4 Å². The number of H-pyrrole nitrogens is 1. The predicted octanol–water partition coefficient (Wildman–Crippen LogP) is 5.06. The Kier molecular flexibility index (Phi) is 5.68. The SMILES string of the molecule is CC.C[C@H]1CCCN1Cc1nc2ccc(NC(=O)c3ccc4c(c3)CC4=O)cc2[nH]1.[HH].[HH]. The van der Waals surface area contributed by atoms with E-state index < -0.39 is 0 Å². The van der Waals surface area contributed by atoms with E-state index in [0.29, 0.717) is 18.0 Å². The Balaban J connectivity index is 0.000000884. The highest BCUT2D eigenvalue weighted by molar-refractivity contribution is 6.10. The van der Waals surface area contributed by atoms with Crippen LogP contribution in [0.4, 0.5) is 5.69 Å². The molecule has 1 atom stereocenters. The van der Waals surface area contributed by atoms with E-state index in [0.717, 1.165) is 46.8 Å². The summed E-state index contributed by atoms with van der Waals surface area (Å²) in [5.41, 5.74) is 4.79. The van der Waals surface area contributed by atoms with E-state index in [2.05, 4.69) is 27.1 Å². The Morgan fingerprint density at radius 3 is 2.80 bits per heavy atom. The van der Waals surface area contributed by atoms with Gasteiger partial charge in [-0.25, -0.2) is 4.98 Å². The average Bonchev–Trinajstić information content (AvgIpc) is 3.33. The largest absolute Gasteiger partial charge is 0.341 e. The molecule has 30 heavy (non-hydrogen) atoms. The van der Waals surface area contributed by atoms with Gasteiger partial charge in [0.1, 0.15) is 5.82 Å². The van der Waals surface area contributed by atoms with Crippen molar-refractivity contribution in [3.63, 3.8) is 0 Å². The number of Topliss-reactive ketones (excluding diaryl/α,β-unsaturated/α-hetero) is 1. The number of nitrogens with zero attached hydrogens (tertiary/aromatic N) is 2. The molecule has 0 unspecified atom stereocenters. The standard InChI is InChI=1S/C22H22N4O2.C2H6.2H2/c1-13-3-2-8-26(13)12-21-24-18-7-5-16(11-19(18)25-21)23-22(28)14-4-6-17-15(9-14)10-20(17)27;1-2;;/h4-7,9,11,13H,2-3,8,10,12H2,1H3,(H,23,28)(H,24,25);1-2H3;2*1H/t13-;;;/m0.../s1. The molecule has 0 spiro atoms. The number of likely N-dealkylation sites (tertiary alicyclic amines) is 1. The summed E-state index contributed by atoms with van der Waals surface area (Å²) in [6, 6.07) is 11.6. The fraction of sp³-hybridized carbons (Fsp3) is 0.375. The first-order valence-electron chi connectivity index (χ1n) is 10.8. The molecule has 6 nitrogen and oxygen atoms in total. The van der Waals surface area contributed by atoms with E-state index in [4.69, 9.17) is 0 Å². The molecule has 1 amide bonds. The van der Waals surface area contributed by atoms with Gasteiger partial charge in [-0.05, 0) is 62.2 Å². The van der Waals surface area contributed by atoms with Crippen molar-refractivity contribution in [3.05, 3.63) is 58.9 Å². The minimum Gasteiger partial charge on any atom is -0.341 e. The lowest BCUT2D eigenvalue weighted by molar-refractivity contribution is 0.0964.